The number of ether oxygens (including phenoxy) is 2. The molecule has 3 aromatic carbocycles. The van der Waals surface area contributed by atoms with Gasteiger partial charge in [-0.25, -0.2) is 0 Å². The molecule has 3 aromatic rings. The minimum atomic E-state index is -0.110. The number of methoxy groups -OCH3 is 2. The summed E-state index contributed by atoms with van der Waals surface area (Å²) in [6.07, 6.45) is 1.85. The van der Waals surface area contributed by atoms with Crippen molar-refractivity contribution in [3.63, 3.8) is 0 Å². The third-order valence-electron chi connectivity index (χ3n) is 6.73. The van der Waals surface area contributed by atoms with E-state index in [0.29, 0.717) is 29.3 Å². The van der Waals surface area contributed by atoms with Crippen molar-refractivity contribution in [2.75, 3.05) is 57.2 Å². The number of anilines is 2. The minimum Gasteiger partial charge on any atom is -0.497 e. The summed E-state index contributed by atoms with van der Waals surface area (Å²) in [5.74, 6) is 1.42. The number of nitrogens with zero attached hydrogens (tertiary/aromatic N) is 3. The van der Waals surface area contributed by atoms with E-state index < -0.39 is 0 Å². The Labute approximate surface area is 221 Å². The van der Waals surface area contributed by atoms with Gasteiger partial charge in [-0.05, 0) is 54.6 Å². The van der Waals surface area contributed by atoms with Gasteiger partial charge in [-0.3, -0.25) is 9.59 Å². The molecule has 2 aliphatic heterocycles. The number of amides is 2. The highest BCUT2D eigenvalue weighted by atomic mass is 32.2. The summed E-state index contributed by atoms with van der Waals surface area (Å²) in [5.41, 5.74) is 3.30. The van der Waals surface area contributed by atoms with Crippen molar-refractivity contribution in [1.82, 2.24) is 4.90 Å². The van der Waals surface area contributed by atoms with Gasteiger partial charge < -0.3 is 24.2 Å². The average Bonchev–Trinajstić information content (AvgIpc) is 2.95. The second-order valence-electron chi connectivity index (χ2n) is 8.88. The van der Waals surface area contributed by atoms with Crippen LogP contribution in [0.25, 0.3) is 6.08 Å². The summed E-state index contributed by atoms with van der Waals surface area (Å²) in [7, 11) is 5.02. The highest BCUT2D eigenvalue weighted by Crippen LogP contribution is 2.42. The Morgan fingerprint density at radius 1 is 0.919 bits per heavy atom. The molecule has 0 saturated carbocycles. The van der Waals surface area contributed by atoms with Crippen molar-refractivity contribution in [2.24, 2.45) is 0 Å². The monoisotopic (exact) mass is 515 g/mol. The molecule has 0 aliphatic carbocycles. The predicted octanol–water partition coefficient (Wildman–Crippen LogP) is 4.78. The smallest absolute Gasteiger partial charge is 0.264 e. The predicted molar refractivity (Wildman–Crippen MR) is 148 cm³/mol. The van der Waals surface area contributed by atoms with Crippen LogP contribution < -0.4 is 19.3 Å². The molecule has 1 fully saturated rings. The molecule has 190 valence electrons. The molecule has 0 radical (unpaired) electrons. The van der Waals surface area contributed by atoms with E-state index >= 15 is 0 Å². The van der Waals surface area contributed by atoms with Crippen molar-refractivity contribution in [2.45, 2.75) is 4.90 Å². The lowest BCUT2D eigenvalue weighted by atomic mass is 10.1. The fourth-order valence-corrected chi connectivity index (χ4v) is 5.68. The number of likely N-dealkylation sites (N-methyl/N-ethyl adjacent to an activating group) is 1. The molecular formula is C29H29N3O4S. The summed E-state index contributed by atoms with van der Waals surface area (Å²) in [4.78, 5) is 33.8. The number of fused-ring (bicyclic) bond motifs is 1. The third-order valence-corrected chi connectivity index (χ3v) is 7.81. The van der Waals surface area contributed by atoms with Crippen LogP contribution in [-0.2, 0) is 4.79 Å². The van der Waals surface area contributed by atoms with Crippen LogP contribution in [-0.4, -0.2) is 64.2 Å². The second-order valence-corrected chi connectivity index (χ2v) is 9.96. The molecule has 2 heterocycles. The third kappa shape index (κ3) is 5.02. The van der Waals surface area contributed by atoms with E-state index in [-0.39, 0.29) is 11.8 Å². The van der Waals surface area contributed by atoms with Gasteiger partial charge in [0.2, 0.25) is 0 Å². The van der Waals surface area contributed by atoms with Crippen LogP contribution in [0.4, 0.5) is 11.4 Å². The maximum atomic E-state index is 13.3. The lowest BCUT2D eigenvalue weighted by Crippen LogP contribution is -2.48. The Balaban J connectivity index is 1.30. The van der Waals surface area contributed by atoms with Crippen molar-refractivity contribution < 1.29 is 19.1 Å². The zero-order valence-corrected chi connectivity index (χ0v) is 22.0. The van der Waals surface area contributed by atoms with Crippen molar-refractivity contribution in [3.8, 4) is 11.5 Å². The second kappa shape index (κ2) is 10.6. The number of para-hydroxylation sites is 1. The van der Waals surface area contributed by atoms with Gasteiger partial charge in [0, 0.05) is 54.9 Å². The number of carbonyl (C=O) groups is 2. The highest BCUT2D eigenvalue weighted by Gasteiger charge is 2.29. The van der Waals surface area contributed by atoms with Crippen molar-refractivity contribution in [3.05, 3.63) is 82.8 Å². The maximum Gasteiger partial charge on any atom is 0.264 e. The molecule has 5 rings (SSSR count). The maximum absolute atomic E-state index is 13.3. The first-order chi connectivity index (χ1) is 18.0. The number of carbonyl (C=O) groups excluding carboxylic acids is 2. The summed E-state index contributed by atoms with van der Waals surface area (Å²) in [6.45, 7) is 2.79. The van der Waals surface area contributed by atoms with Gasteiger partial charge in [0.15, 0.2) is 0 Å². The molecular weight excluding hydrogens is 486 g/mol. The molecule has 37 heavy (non-hydrogen) atoms. The van der Waals surface area contributed by atoms with Gasteiger partial charge in [-0.15, -0.1) is 0 Å². The molecule has 0 bridgehead atoms. The van der Waals surface area contributed by atoms with E-state index in [1.54, 1.807) is 26.2 Å². The number of hydrogen-bond acceptors (Lipinski definition) is 6. The van der Waals surface area contributed by atoms with E-state index in [4.69, 9.17) is 9.47 Å². The van der Waals surface area contributed by atoms with Gasteiger partial charge >= 0.3 is 0 Å². The Morgan fingerprint density at radius 3 is 2.35 bits per heavy atom. The average molecular weight is 516 g/mol. The van der Waals surface area contributed by atoms with E-state index in [9.17, 15) is 9.59 Å². The van der Waals surface area contributed by atoms with Crippen LogP contribution in [0.2, 0.25) is 0 Å². The molecule has 1 saturated heterocycles. The highest BCUT2D eigenvalue weighted by molar-refractivity contribution is 8.04. The molecule has 7 nitrogen and oxygen atoms in total. The summed E-state index contributed by atoms with van der Waals surface area (Å²) in [5, 5.41) is 0. The summed E-state index contributed by atoms with van der Waals surface area (Å²) >= 11 is 1.41. The quantitative estimate of drug-likeness (QED) is 0.456. The Morgan fingerprint density at radius 2 is 1.65 bits per heavy atom. The fourth-order valence-electron chi connectivity index (χ4n) is 4.60. The molecule has 0 unspecified atom stereocenters. The van der Waals surface area contributed by atoms with Gasteiger partial charge in [0.25, 0.3) is 11.8 Å². The number of benzene rings is 3. The first-order valence-corrected chi connectivity index (χ1v) is 12.9. The standard InChI is InChI=1S/C29H29N3O4S/c1-30-24-18-21(28(33)32-16-14-31(15-17-32)22-9-11-23(35-2)12-10-22)8-13-26(24)37-27(29(30)34)19-20-6-4-5-7-25(20)36-3/h4-13,18-19H,14-17H2,1-3H3/b27-19-. The summed E-state index contributed by atoms with van der Waals surface area (Å²) < 4.78 is 10.7. The first-order valence-electron chi connectivity index (χ1n) is 12.1. The molecule has 0 N–H and O–H groups in total. The largest absolute Gasteiger partial charge is 0.497 e. The van der Waals surface area contributed by atoms with Crippen LogP contribution in [0.3, 0.4) is 0 Å². The molecule has 0 aromatic heterocycles. The fraction of sp³-hybridized carbons (Fsp3) is 0.241. The zero-order valence-electron chi connectivity index (χ0n) is 21.1. The van der Waals surface area contributed by atoms with Crippen LogP contribution in [0, 0.1) is 0 Å². The molecule has 2 amide bonds. The first kappa shape index (κ1) is 24.8. The van der Waals surface area contributed by atoms with Crippen LogP contribution in [0.1, 0.15) is 15.9 Å². The van der Waals surface area contributed by atoms with Crippen LogP contribution >= 0.6 is 11.8 Å². The molecule has 0 atom stereocenters. The summed E-state index contributed by atoms with van der Waals surface area (Å²) in [6, 6.07) is 21.2. The van der Waals surface area contributed by atoms with Gasteiger partial charge in [-0.2, -0.15) is 0 Å². The molecule has 0 spiro atoms. The zero-order chi connectivity index (χ0) is 25.9. The number of thioether (sulfide) groups is 1. The lowest BCUT2D eigenvalue weighted by molar-refractivity contribution is -0.114. The van der Waals surface area contributed by atoms with Gasteiger partial charge in [0.05, 0.1) is 24.8 Å². The van der Waals surface area contributed by atoms with Crippen molar-refractivity contribution >= 4 is 41.0 Å². The van der Waals surface area contributed by atoms with Crippen LogP contribution in [0.5, 0.6) is 11.5 Å². The van der Waals surface area contributed by atoms with Gasteiger partial charge in [0.1, 0.15) is 11.5 Å². The van der Waals surface area contributed by atoms with E-state index in [1.165, 1.54) is 11.8 Å². The SMILES string of the molecule is COc1ccc(N2CCN(C(=O)c3ccc4c(c3)N(C)C(=O)/C(=C/c3ccccc3OC)S4)CC2)cc1. The minimum absolute atomic E-state index is 0.0154. The van der Waals surface area contributed by atoms with Gasteiger partial charge in [-0.1, -0.05) is 30.0 Å². The Bertz CT molecular complexity index is 1350. The molecule has 2 aliphatic rings. The number of piperazine rings is 1. The number of hydrogen-bond donors (Lipinski definition) is 0. The normalized spacial score (nSPS) is 16.6. The van der Waals surface area contributed by atoms with E-state index in [0.717, 1.165) is 40.7 Å². The van der Waals surface area contributed by atoms with Crippen molar-refractivity contribution in [1.29, 1.82) is 0 Å². The Kier molecular flexibility index (Phi) is 7.10. The van der Waals surface area contributed by atoms with E-state index in [1.807, 2.05) is 77.7 Å². The number of rotatable bonds is 5. The Hall–Kier alpha value is -3.91. The topological polar surface area (TPSA) is 62.3 Å². The lowest BCUT2D eigenvalue weighted by Gasteiger charge is -2.36. The molecule has 8 heteroatoms. The van der Waals surface area contributed by atoms with E-state index in [2.05, 4.69) is 4.90 Å². The van der Waals surface area contributed by atoms with Crippen LogP contribution in [0.15, 0.2) is 76.5 Å².